The molecule has 2 heterocycles. The molecule has 2 N–H and O–H groups in total. The van der Waals surface area contributed by atoms with Crippen LogP contribution in [0.15, 0.2) is 4.52 Å². The van der Waals surface area contributed by atoms with Crippen LogP contribution in [-0.2, 0) is 11.3 Å². The van der Waals surface area contributed by atoms with Crippen molar-refractivity contribution in [2.24, 2.45) is 11.7 Å². The van der Waals surface area contributed by atoms with Crippen LogP contribution < -0.4 is 5.73 Å². The maximum Gasteiger partial charge on any atom is 0.239 e. The quantitative estimate of drug-likeness (QED) is 0.866. The molecule has 1 aromatic rings. The van der Waals surface area contributed by atoms with Gasteiger partial charge in [0.1, 0.15) is 0 Å². The summed E-state index contributed by atoms with van der Waals surface area (Å²) in [5, 5.41) is 3.89. The standard InChI is InChI=1S/C13H23N5O2.ClH/c1-9(2)12(14)13(19)18-6-4-17(5-7-18)8-11-15-10(3)20-16-11;/h9,12H,4-8,14H2,1-3H3;1H/t12-;/m0./s1. The van der Waals surface area contributed by atoms with Gasteiger partial charge < -0.3 is 15.2 Å². The number of rotatable bonds is 4. The van der Waals surface area contributed by atoms with E-state index in [9.17, 15) is 4.79 Å². The number of nitrogens with zero attached hydrogens (tertiary/aromatic N) is 4. The maximum atomic E-state index is 12.2. The highest BCUT2D eigenvalue weighted by Gasteiger charge is 2.27. The smallest absolute Gasteiger partial charge is 0.239 e. The van der Waals surface area contributed by atoms with Crippen molar-refractivity contribution in [3.05, 3.63) is 11.7 Å². The van der Waals surface area contributed by atoms with Gasteiger partial charge in [-0.2, -0.15) is 4.98 Å². The second-order valence-electron chi connectivity index (χ2n) is 5.60. The molecule has 120 valence electrons. The molecule has 1 fully saturated rings. The minimum absolute atomic E-state index is 0. The third-order valence-electron chi connectivity index (χ3n) is 3.62. The molecule has 0 saturated carbocycles. The lowest BCUT2D eigenvalue weighted by atomic mass is 10.0. The molecule has 1 aliphatic heterocycles. The predicted octanol–water partition coefficient (Wildman–Crippen LogP) is 0.427. The first-order chi connectivity index (χ1) is 9.47. The summed E-state index contributed by atoms with van der Waals surface area (Å²) in [6.07, 6.45) is 0. The number of carbonyl (C=O) groups is 1. The van der Waals surface area contributed by atoms with E-state index in [-0.39, 0.29) is 24.2 Å². The lowest BCUT2D eigenvalue weighted by molar-refractivity contribution is -0.135. The van der Waals surface area contributed by atoms with E-state index in [1.165, 1.54) is 0 Å². The van der Waals surface area contributed by atoms with Gasteiger partial charge in [-0.3, -0.25) is 9.69 Å². The zero-order chi connectivity index (χ0) is 14.7. The summed E-state index contributed by atoms with van der Waals surface area (Å²) in [6.45, 7) is 9.41. The van der Waals surface area contributed by atoms with Gasteiger partial charge in [0.15, 0.2) is 5.82 Å². The Morgan fingerprint density at radius 3 is 2.43 bits per heavy atom. The lowest BCUT2D eigenvalue weighted by Gasteiger charge is -2.35. The average molecular weight is 318 g/mol. The highest BCUT2D eigenvalue weighted by Crippen LogP contribution is 2.09. The number of aryl methyl sites for hydroxylation is 1. The maximum absolute atomic E-state index is 12.2. The number of halogens is 1. The summed E-state index contributed by atoms with van der Waals surface area (Å²) in [7, 11) is 0. The summed E-state index contributed by atoms with van der Waals surface area (Å²) in [6, 6.07) is -0.401. The summed E-state index contributed by atoms with van der Waals surface area (Å²) in [4.78, 5) is 20.4. The van der Waals surface area contributed by atoms with Crippen molar-refractivity contribution in [3.8, 4) is 0 Å². The van der Waals surface area contributed by atoms with E-state index in [0.717, 1.165) is 13.1 Å². The highest BCUT2D eigenvalue weighted by molar-refractivity contribution is 5.85. The molecule has 0 aromatic carbocycles. The summed E-state index contributed by atoms with van der Waals surface area (Å²) < 4.78 is 4.95. The van der Waals surface area contributed by atoms with Crippen molar-refractivity contribution in [2.45, 2.75) is 33.4 Å². The zero-order valence-electron chi connectivity index (χ0n) is 12.8. The molecule has 0 bridgehead atoms. The molecule has 1 amide bonds. The largest absolute Gasteiger partial charge is 0.340 e. The minimum atomic E-state index is -0.401. The molecular weight excluding hydrogens is 294 g/mol. The van der Waals surface area contributed by atoms with Crippen LogP contribution in [0.5, 0.6) is 0 Å². The normalized spacial score (nSPS) is 17.7. The molecule has 1 aliphatic rings. The van der Waals surface area contributed by atoms with Gasteiger partial charge in [0.2, 0.25) is 11.8 Å². The van der Waals surface area contributed by atoms with E-state index < -0.39 is 6.04 Å². The molecule has 1 atom stereocenters. The second kappa shape index (κ2) is 7.72. The number of carbonyl (C=O) groups excluding carboxylic acids is 1. The SMILES string of the molecule is Cc1nc(CN2CCN(C(=O)[C@@H](N)C(C)C)CC2)no1.Cl. The van der Waals surface area contributed by atoms with Crippen LogP contribution in [0.3, 0.4) is 0 Å². The van der Waals surface area contributed by atoms with Crippen molar-refractivity contribution < 1.29 is 9.32 Å². The molecule has 0 unspecified atom stereocenters. The second-order valence-corrected chi connectivity index (χ2v) is 5.60. The van der Waals surface area contributed by atoms with Crippen molar-refractivity contribution in [1.29, 1.82) is 0 Å². The van der Waals surface area contributed by atoms with Crippen LogP contribution in [0.1, 0.15) is 25.6 Å². The van der Waals surface area contributed by atoms with Gasteiger partial charge in [-0.15, -0.1) is 12.4 Å². The van der Waals surface area contributed by atoms with Crippen LogP contribution >= 0.6 is 12.4 Å². The fourth-order valence-corrected chi connectivity index (χ4v) is 2.23. The third-order valence-corrected chi connectivity index (χ3v) is 3.62. The number of nitrogens with two attached hydrogens (primary N) is 1. The van der Waals surface area contributed by atoms with E-state index in [1.807, 2.05) is 18.7 Å². The minimum Gasteiger partial charge on any atom is -0.340 e. The van der Waals surface area contributed by atoms with Crippen molar-refractivity contribution in [3.63, 3.8) is 0 Å². The summed E-state index contributed by atoms with van der Waals surface area (Å²) >= 11 is 0. The molecule has 1 aromatic heterocycles. The number of hydrogen-bond acceptors (Lipinski definition) is 6. The number of aromatic nitrogens is 2. The van der Waals surface area contributed by atoms with Gasteiger partial charge in [-0.1, -0.05) is 19.0 Å². The van der Waals surface area contributed by atoms with Crippen molar-refractivity contribution in [2.75, 3.05) is 26.2 Å². The van der Waals surface area contributed by atoms with E-state index in [2.05, 4.69) is 15.0 Å². The van der Waals surface area contributed by atoms with Crippen LogP contribution in [0.4, 0.5) is 0 Å². The molecule has 0 radical (unpaired) electrons. The fraction of sp³-hybridized carbons (Fsp3) is 0.769. The van der Waals surface area contributed by atoms with Crippen LogP contribution in [-0.4, -0.2) is 58.1 Å². The van der Waals surface area contributed by atoms with Crippen molar-refractivity contribution >= 4 is 18.3 Å². The molecule has 2 rings (SSSR count). The van der Waals surface area contributed by atoms with Crippen LogP contribution in [0.2, 0.25) is 0 Å². The first-order valence-corrected chi connectivity index (χ1v) is 7.03. The first kappa shape index (κ1) is 17.9. The third kappa shape index (κ3) is 4.66. The Labute approximate surface area is 131 Å². The monoisotopic (exact) mass is 317 g/mol. The summed E-state index contributed by atoms with van der Waals surface area (Å²) in [5.41, 5.74) is 5.91. The van der Waals surface area contributed by atoms with Gasteiger partial charge in [0.25, 0.3) is 0 Å². The summed E-state index contributed by atoms with van der Waals surface area (Å²) in [5.74, 6) is 1.50. The Bertz CT molecular complexity index is 457. The van der Waals surface area contributed by atoms with E-state index >= 15 is 0 Å². The lowest BCUT2D eigenvalue weighted by Crippen LogP contribution is -2.54. The predicted molar refractivity (Wildman–Crippen MR) is 81.0 cm³/mol. The molecule has 7 nitrogen and oxygen atoms in total. The number of amides is 1. The molecule has 1 saturated heterocycles. The molecule has 21 heavy (non-hydrogen) atoms. The Morgan fingerprint density at radius 1 is 1.33 bits per heavy atom. The number of piperazine rings is 1. The molecular formula is C13H24ClN5O2. The average Bonchev–Trinajstić information content (AvgIpc) is 2.83. The van der Waals surface area contributed by atoms with E-state index in [1.54, 1.807) is 6.92 Å². The van der Waals surface area contributed by atoms with E-state index in [0.29, 0.717) is 31.3 Å². The Balaban J connectivity index is 0.00000220. The van der Waals surface area contributed by atoms with Gasteiger partial charge in [0, 0.05) is 33.1 Å². The molecule has 8 heteroatoms. The molecule has 0 spiro atoms. The zero-order valence-corrected chi connectivity index (χ0v) is 13.6. The fourth-order valence-electron chi connectivity index (χ4n) is 2.23. The molecule has 0 aliphatic carbocycles. The van der Waals surface area contributed by atoms with E-state index in [4.69, 9.17) is 10.3 Å². The Kier molecular flexibility index (Phi) is 6.57. The van der Waals surface area contributed by atoms with Gasteiger partial charge in [0.05, 0.1) is 12.6 Å². The Morgan fingerprint density at radius 2 is 1.95 bits per heavy atom. The first-order valence-electron chi connectivity index (χ1n) is 7.03. The Hall–Kier alpha value is -1.18. The van der Waals surface area contributed by atoms with Crippen LogP contribution in [0, 0.1) is 12.8 Å². The highest BCUT2D eigenvalue weighted by atomic mass is 35.5. The van der Waals surface area contributed by atoms with Gasteiger partial charge >= 0.3 is 0 Å². The van der Waals surface area contributed by atoms with Gasteiger partial charge in [-0.25, -0.2) is 0 Å². The van der Waals surface area contributed by atoms with Crippen molar-refractivity contribution in [1.82, 2.24) is 19.9 Å². The number of hydrogen-bond donors (Lipinski definition) is 1. The van der Waals surface area contributed by atoms with Crippen LogP contribution in [0.25, 0.3) is 0 Å². The topological polar surface area (TPSA) is 88.5 Å². The van der Waals surface area contributed by atoms with Gasteiger partial charge in [-0.05, 0) is 5.92 Å².